The summed E-state index contributed by atoms with van der Waals surface area (Å²) in [5.74, 6) is -0.483. The fraction of sp³-hybridized carbons (Fsp3) is 0.492. The molecule has 6 unspecified atom stereocenters. The Morgan fingerprint density at radius 2 is 0.769 bits per heavy atom. The minimum atomic E-state index is -4.08. The number of hydrogen-bond acceptors (Lipinski definition) is 47. The van der Waals surface area contributed by atoms with Gasteiger partial charge in [0.15, 0.2) is 69.5 Å². The number of aromatic amines is 3. The average Bonchev–Trinajstić information content (AvgIpc) is 1.63. The molecule has 9 aliphatic heterocycles. The van der Waals surface area contributed by atoms with Crippen LogP contribution in [0.5, 0.6) is 0 Å². The van der Waals surface area contributed by atoms with Gasteiger partial charge in [-0.05, 0) is 108 Å². The Kier molecular flexibility index (Phi) is 25.3. The molecule has 0 aliphatic carbocycles. The zero-order chi connectivity index (χ0) is 91.2. The van der Waals surface area contributed by atoms with Gasteiger partial charge in [-0.15, -0.1) is 32.2 Å². The van der Waals surface area contributed by atoms with Crippen LogP contribution in [0.4, 0.5) is 39.3 Å². The molecule has 696 valence electrons. The molecule has 6 bridgehead atoms. The molecule has 21 rings (SSSR count). The molecule has 0 spiro atoms. The highest BCUT2D eigenvalue weighted by atomic mass is 32.5. The topological polar surface area (TPSA) is 743 Å². The van der Waals surface area contributed by atoms with Crippen LogP contribution in [0.25, 0.3) is 66.7 Å². The van der Waals surface area contributed by atoms with Crippen LogP contribution < -0.4 is 51.1 Å². The van der Waals surface area contributed by atoms with Crippen LogP contribution in [0.2, 0.25) is 0 Å². The van der Waals surface area contributed by atoms with Gasteiger partial charge in [0, 0.05) is 84.1 Å². The summed E-state index contributed by atoms with van der Waals surface area (Å²) >= 11 is 33.1. The first-order valence-corrected chi connectivity index (χ1v) is 55.0. The van der Waals surface area contributed by atoms with Gasteiger partial charge in [0.2, 0.25) is 17.8 Å². The maximum Gasteiger partial charge on any atom is 0.325 e. The smallest absolute Gasteiger partial charge is 0.325 e. The van der Waals surface area contributed by atoms with E-state index in [0.29, 0.717) is 22.7 Å². The van der Waals surface area contributed by atoms with Gasteiger partial charge in [-0.25, -0.2) is 24.0 Å². The number of rotatable bonds is 6. The van der Waals surface area contributed by atoms with E-state index in [9.17, 15) is 43.7 Å². The lowest BCUT2D eigenvalue weighted by Gasteiger charge is -2.27. The van der Waals surface area contributed by atoms with Crippen molar-refractivity contribution in [3.05, 3.63) is 92.4 Å². The summed E-state index contributed by atoms with van der Waals surface area (Å²) in [7, 11) is 0. The van der Waals surface area contributed by atoms with Crippen molar-refractivity contribution in [2.45, 2.75) is 147 Å². The van der Waals surface area contributed by atoms with Gasteiger partial charge < -0.3 is 146 Å². The second-order valence-corrected chi connectivity index (χ2v) is 48.2. The number of pyridine rings is 3. The summed E-state index contributed by atoms with van der Waals surface area (Å²) in [5, 5.41) is 31.9. The number of nitrogens with zero attached hydrogens (tertiary/aromatic N) is 20. The molecule has 0 saturated carbocycles. The molecule has 21 N–H and O–H groups in total. The molecule has 0 aromatic carbocycles. The Hall–Kier alpha value is -7.17. The fourth-order valence-electron chi connectivity index (χ4n) is 15.8. The number of fused-ring (bicyclic) bond motifs is 15. The monoisotopic (exact) mass is 2060 g/mol. The number of alkyl halides is 1. The molecular formula is C61H72FN29O26P6S7. The second kappa shape index (κ2) is 35.8. The molecule has 9 fully saturated rings. The highest BCUT2D eigenvalue weighted by Gasteiger charge is 2.54. The molecule has 130 heavy (non-hydrogen) atoms. The molecule has 9 aliphatic rings. The van der Waals surface area contributed by atoms with Crippen LogP contribution >= 0.6 is 52.1 Å². The van der Waals surface area contributed by atoms with Gasteiger partial charge in [-0.2, -0.15) is 29.0 Å². The number of anilines is 6. The maximum absolute atomic E-state index is 16.0. The van der Waals surface area contributed by atoms with E-state index in [0.717, 1.165) is 15.5 Å². The largest absolute Gasteiger partial charge is 0.398 e. The van der Waals surface area contributed by atoms with Crippen molar-refractivity contribution in [2.75, 3.05) is 74.0 Å². The van der Waals surface area contributed by atoms with Crippen LogP contribution in [-0.4, -0.2) is 262 Å². The Labute approximate surface area is 758 Å². The summed E-state index contributed by atoms with van der Waals surface area (Å²) in [6.07, 6.45) is -7.99. The van der Waals surface area contributed by atoms with Crippen LogP contribution in [0.1, 0.15) is 68.6 Å². The van der Waals surface area contributed by atoms with Crippen LogP contribution in [-0.2, 0) is 149 Å². The predicted octanol–water partition coefficient (Wildman–Crippen LogP) is 1.12. The third-order valence-electron chi connectivity index (χ3n) is 21.5. The third kappa shape index (κ3) is 18.9. The zero-order valence-corrected chi connectivity index (χ0v) is 76.8. The van der Waals surface area contributed by atoms with Crippen molar-refractivity contribution < 1.29 is 112 Å². The Morgan fingerprint density at radius 3 is 1.24 bits per heavy atom. The SMILES string of the molecule is Nc1nc2c(nnn2[C@@H]2O[C@@H]3COP(O)(=S)O[C@H]4C[C@H](n5ccc6c(N)ccnc65)O[C@@H]4COP(O)(=S)O[C@@H]2C3)c(=O)[nH]1.Nc1nc2c(nnn2[C@@H]2O[C@@H]3COP(O)(=S)O[C@H]4C[C@H](n5ccc6c(N)ccnc65)O[C@@H]4COP(O)(=S)O[C@@H]2C3)c(=O)[nH]1.Nc1nc2c(nnn2[C@@H]2S[C@@H]3COP(O)(=S)O[C@H]4[C@H](F)[C@H](n5nnc6c(N)ccnc65)O[C@@H]4COP(O)(=S)O[C@@H]2C3)c(=O)[nH]1. The molecule has 69 heteroatoms. The van der Waals surface area contributed by atoms with Crippen molar-refractivity contribution in [1.29, 1.82) is 0 Å². The lowest BCUT2D eigenvalue weighted by Crippen LogP contribution is -2.34. The molecule has 0 amide bonds. The van der Waals surface area contributed by atoms with Crippen LogP contribution in [0.3, 0.4) is 0 Å². The molecule has 21 heterocycles. The van der Waals surface area contributed by atoms with E-state index in [1.54, 1.807) is 46.1 Å². The van der Waals surface area contributed by atoms with Crippen molar-refractivity contribution in [3.8, 4) is 0 Å². The number of nitrogens with two attached hydrogens (primary N) is 6. The second-order valence-electron chi connectivity index (χ2n) is 30.1. The van der Waals surface area contributed by atoms with Crippen molar-refractivity contribution >= 4 is 225 Å². The Bertz CT molecular complexity index is 6660. The number of ether oxygens (including phenoxy) is 5. The quantitative estimate of drug-likeness (QED) is 0.104. The molecule has 25 atom stereocenters. The van der Waals surface area contributed by atoms with E-state index in [4.69, 9.17) is 183 Å². The number of aromatic nitrogens is 23. The summed E-state index contributed by atoms with van der Waals surface area (Å²) < 4.78 is 124. The van der Waals surface area contributed by atoms with E-state index in [1.807, 2.05) is 12.1 Å². The first kappa shape index (κ1) is 91.9. The number of thioether (sulfide) groups is 1. The lowest BCUT2D eigenvalue weighted by molar-refractivity contribution is -0.0635. The van der Waals surface area contributed by atoms with Crippen molar-refractivity contribution in [1.82, 2.24) is 114 Å². The standard InChI is InChI=1S/2C21H25N9O9P2S2.C19H22FN11O8P2S3/c2*22-11-1-3-24-17-10(11)2-4-29(17)15-6-12-14(37-15)8-35-41(33,43)39-13-5-9(7-34-40(32,42)38-12)36-20(13)30-18-16(27-28-30)19(31)26-21(23)25-18;20-10-13-9(37-17(10)30-14-11(26-28-30)7(21)1-2-23-14)5-36-40(33,42)38-8-3-6(4-35-41(34,43)39-13)44-18(8)31-15-12(27-29-31)16(32)25-19(22)24-15/h2*1-4,9,12-15,20H,5-8H2,(H2,22,24)(H,32,42)(H,33,43)(H3,23,25,26,31);1-2,6,8-10,13,17-18H,3-5H2,(H2,21,23)(H,33,42)(H,34,43)(H3,22,24,25,32)/t2*9-,12-,13+,14+,15+,20+,40?,41?;6-,8+,9+,10-,13+,17+,18+,40?,41?/m000/s1. The molecule has 12 aromatic rings. The normalized spacial score (nSPS) is 35.8. The van der Waals surface area contributed by atoms with E-state index >= 15 is 4.39 Å². The number of halogens is 1. The third-order valence-corrected chi connectivity index (χ3v) is 32.5. The fourth-order valence-corrected chi connectivity index (χ4v) is 26.2. The minimum Gasteiger partial charge on any atom is -0.398 e. The van der Waals surface area contributed by atoms with Gasteiger partial charge in [-0.1, -0.05) is 20.9 Å². The molecule has 0 radical (unpaired) electrons. The average molecular weight is 2060 g/mol. The van der Waals surface area contributed by atoms with Gasteiger partial charge in [0.05, 0.1) is 69.7 Å². The van der Waals surface area contributed by atoms with Gasteiger partial charge in [0.1, 0.15) is 71.9 Å². The van der Waals surface area contributed by atoms with Crippen molar-refractivity contribution in [3.63, 3.8) is 0 Å². The van der Waals surface area contributed by atoms with E-state index in [1.165, 1.54) is 38.1 Å². The number of H-pyrrole nitrogens is 3. The number of nitrogens with one attached hydrogen (secondary N) is 3. The summed E-state index contributed by atoms with van der Waals surface area (Å²) in [5.41, 5.74) is 36.3. The molecule has 12 aromatic heterocycles. The summed E-state index contributed by atoms with van der Waals surface area (Å²) in [6.45, 7) is -25.3. The Morgan fingerprint density at radius 1 is 0.392 bits per heavy atom. The first-order chi connectivity index (χ1) is 61.8. The summed E-state index contributed by atoms with van der Waals surface area (Å²) in [4.78, 5) is 135. The minimum absolute atomic E-state index is 0.0207. The number of hydrogen-bond donors (Lipinski definition) is 15. The highest BCUT2D eigenvalue weighted by Crippen LogP contribution is 2.60. The Balaban J connectivity index is 0.000000126. The molecule has 9 saturated heterocycles. The zero-order valence-electron chi connectivity index (χ0n) is 65.7. The maximum atomic E-state index is 16.0. The van der Waals surface area contributed by atoms with E-state index in [-0.39, 0.29) is 133 Å². The molecule has 55 nitrogen and oxygen atoms in total. The lowest BCUT2D eigenvalue weighted by atomic mass is 10.1. The van der Waals surface area contributed by atoms with E-state index in [2.05, 4.69) is 86.1 Å². The van der Waals surface area contributed by atoms with E-state index < -0.39 is 179 Å². The van der Waals surface area contributed by atoms with Crippen molar-refractivity contribution in [2.24, 2.45) is 0 Å². The first-order valence-electron chi connectivity index (χ1n) is 38.5. The van der Waals surface area contributed by atoms with Gasteiger partial charge in [0.25, 0.3) is 16.7 Å². The highest BCUT2D eigenvalue weighted by molar-refractivity contribution is 8.08. The van der Waals surface area contributed by atoms with Gasteiger partial charge >= 0.3 is 40.3 Å². The van der Waals surface area contributed by atoms with Gasteiger partial charge in [-0.3, -0.25) is 33.9 Å². The molecular weight excluding hydrogens is 1980 g/mol. The summed E-state index contributed by atoms with van der Waals surface area (Å²) in [6, 6.07) is 8.54. The van der Waals surface area contributed by atoms with Crippen LogP contribution in [0, 0.1) is 0 Å². The predicted molar refractivity (Wildman–Crippen MR) is 471 cm³/mol. The number of nitrogen functional groups attached to an aromatic ring is 6. The van der Waals surface area contributed by atoms with Crippen LogP contribution in [0.15, 0.2) is 75.7 Å².